The number of halogens is 1. The highest BCUT2D eigenvalue weighted by atomic mass is 79.9. The fraction of sp³-hybridized carbons (Fsp3) is 0.250. The third-order valence-corrected chi connectivity index (χ3v) is 2.26. The van der Waals surface area contributed by atoms with Crippen molar-refractivity contribution < 1.29 is 9.53 Å². The molecule has 0 atom stereocenters. The fourth-order valence-corrected chi connectivity index (χ4v) is 1.41. The lowest BCUT2D eigenvalue weighted by Crippen LogP contribution is -1.98. The summed E-state index contributed by atoms with van der Waals surface area (Å²) in [4.78, 5) is 10.7. The molecule has 15 heavy (non-hydrogen) atoms. The van der Waals surface area contributed by atoms with E-state index in [2.05, 4.69) is 27.8 Å². The third-order valence-electron chi connectivity index (χ3n) is 1.76. The fourth-order valence-electron chi connectivity index (χ4n) is 1.07. The summed E-state index contributed by atoms with van der Waals surface area (Å²) >= 11 is 3.32. The van der Waals surface area contributed by atoms with Crippen LogP contribution in [0.5, 0.6) is 5.75 Å². The highest BCUT2D eigenvalue weighted by Gasteiger charge is 2.02. The van der Waals surface area contributed by atoms with Gasteiger partial charge in [0.25, 0.3) is 0 Å². The van der Waals surface area contributed by atoms with Crippen molar-refractivity contribution in [2.24, 2.45) is 0 Å². The Hall–Kier alpha value is -1.27. The molecule has 0 saturated carbocycles. The Morgan fingerprint density at radius 3 is 3.00 bits per heavy atom. The van der Waals surface area contributed by atoms with Gasteiger partial charge in [0.2, 0.25) is 0 Å². The summed E-state index contributed by atoms with van der Waals surface area (Å²) in [6.07, 6.45) is 1.45. The van der Waals surface area contributed by atoms with Gasteiger partial charge in [-0.3, -0.25) is 4.79 Å². The van der Waals surface area contributed by atoms with E-state index in [1.165, 1.54) is 0 Å². The van der Waals surface area contributed by atoms with Gasteiger partial charge in [-0.25, -0.2) is 0 Å². The van der Waals surface area contributed by atoms with Crippen LogP contribution in [0, 0.1) is 11.8 Å². The Labute approximate surface area is 97.8 Å². The van der Waals surface area contributed by atoms with Gasteiger partial charge in [0.1, 0.15) is 5.75 Å². The highest BCUT2D eigenvalue weighted by molar-refractivity contribution is 9.10. The van der Waals surface area contributed by atoms with E-state index in [0.717, 1.165) is 10.8 Å². The molecule has 0 unspecified atom stereocenters. The first-order valence-electron chi connectivity index (χ1n) is 4.55. The normalized spacial score (nSPS) is 8.93. The number of hydrogen-bond donors (Lipinski definition) is 0. The summed E-state index contributed by atoms with van der Waals surface area (Å²) < 4.78 is 6.34. The van der Waals surface area contributed by atoms with E-state index in [4.69, 9.17) is 4.74 Å². The van der Waals surface area contributed by atoms with Gasteiger partial charge >= 0.3 is 0 Å². The third kappa shape index (κ3) is 3.77. The van der Waals surface area contributed by atoms with Crippen molar-refractivity contribution in [3.63, 3.8) is 0 Å². The number of rotatable bonds is 4. The largest absolute Gasteiger partial charge is 0.492 e. The Kier molecular flexibility index (Phi) is 4.92. The summed E-state index contributed by atoms with van der Waals surface area (Å²) in [5, 5.41) is 0. The van der Waals surface area contributed by atoms with Gasteiger partial charge in [-0.1, -0.05) is 15.9 Å². The first-order chi connectivity index (χ1) is 7.27. The molecule has 0 radical (unpaired) electrons. The second-order valence-electron chi connectivity index (χ2n) is 2.83. The van der Waals surface area contributed by atoms with Gasteiger partial charge in [-0.2, -0.15) is 0 Å². The number of aldehydes is 1. The summed E-state index contributed by atoms with van der Waals surface area (Å²) in [5.41, 5.74) is 0.558. The minimum atomic E-state index is 0.498. The summed E-state index contributed by atoms with van der Waals surface area (Å²) in [5.74, 6) is 6.28. The van der Waals surface area contributed by atoms with Crippen molar-refractivity contribution in [2.75, 3.05) is 6.61 Å². The van der Waals surface area contributed by atoms with E-state index < -0.39 is 0 Å². The number of benzene rings is 1. The molecule has 0 aliphatic heterocycles. The van der Waals surface area contributed by atoms with Crippen molar-refractivity contribution in [1.29, 1.82) is 0 Å². The molecule has 0 aliphatic rings. The molecule has 3 heteroatoms. The molecule has 0 bridgehead atoms. The monoisotopic (exact) mass is 266 g/mol. The average Bonchev–Trinajstić information content (AvgIpc) is 2.25. The van der Waals surface area contributed by atoms with Gasteiger partial charge in [0.05, 0.1) is 12.2 Å². The van der Waals surface area contributed by atoms with Crippen molar-refractivity contribution in [2.45, 2.75) is 13.3 Å². The van der Waals surface area contributed by atoms with Crippen molar-refractivity contribution in [3.05, 3.63) is 28.2 Å². The molecule has 0 aliphatic carbocycles. The van der Waals surface area contributed by atoms with Gasteiger partial charge < -0.3 is 4.74 Å². The second-order valence-corrected chi connectivity index (χ2v) is 3.74. The smallest absolute Gasteiger partial charge is 0.153 e. The molecule has 1 aromatic rings. The standard InChI is InChI=1S/C12H11BrO2/c1-2-3-4-7-15-12-8-11(13)6-5-10(12)9-14/h5-6,8-9H,4,7H2,1H3. The van der Waals surface area contributed by atoms with Gasteiger partial charge in [-0.05, 0) is 25.1 Å². The lowest BCUT2D eigenvalue weighted by molar-refractivity contribution is 0.111. The maximum atomic E-state index is 10.7. The van der Waals surface area contributed by atoms with Crippen LogP contribution in [0.1, 0.15) is 23.7 Å². The van der Waals surface area contributed by atoms with E-state index in [1.807, 2.05) is 6.07 Å². The number of carbonyl (C=O) groups excluding carboxylic acids is 1. The summed E-state index contributed by atoms with van der Waals surface area (Å²) in [6, 6.07) is 5.31. The van der Waals surface area contributed by atoms with Crippen molar-refractivity contribution in [3.8, 4) is 17.6 Å². The maximum Gasteiger partial charge on any atom is 0.153 e. The van der Waals surface area contributed by atoms with Crippen LogP contribution in [0.3, 0.4) is 0 Å². The Morgan fingerprint density at radius 1 is 1.53 bits per heavy atom. The molecule has 78 valence electrons. The second kappa shape index (κ2) is 6.26. The molecule has 1 rings (SSSR count). The Morgan fingerprint density at radius 2 is 2.33 bits per heavy atom. The van der Waals surface area contributed by atoms with Crippen LogP contribution >= 0.6 is 15.9 Å². The SMILES string of the molecule is CC#CCCOc1cc(Br)ccc1C=O. The van der Waals surface area contributed by atoms with Crippen molar-refractivity contribution in [1.82, 2.24) is 0 Å². The summed E-state index contributed by atoms with van der Waals surface area (Å²) in [6.45, 7) is 2.29. The molecule has 0 heterocycles. The zero-order valence-electron chi connectivity index (χ0n) is 8.42. The van der Waals surface area contributed by atoms with Crippen LogP contribution in [-0.4, -0.2) is 12.9 Å². The van der Waals surface area contributed by atoms with Gasteiger partial charge in [0.15, 0.2) is 6.29 Å². The van der Waals surface area contributed by atoms with E-state index in [-0.39, 0.29) is 0 Å². The van der Waals surface area contributed by atoms with Crippen LogP contribution in [-0.2, 0) is 0 Å². The van der Waals surface area contributed by atoms with Crippen LogP contribution in [0.25, 0.3) is 0 Å². The van der Waals surface area contributed by atoms with Crippen LogP contribution < -0.4 is 4.74 Å². The number of carbonyl (C=O) groups is 1. The van der Waals surface area contributed by atoms with Gasteiger partial charge in [-0.15, -0.1) is 11.8 Å². The molecule has 0 spiro atoms. The zero-order chi connectivity index (χ0) is 11.1. The number of ether oxygens (including phenoxy) is 1. The lowest BCUT2D eigenvalue weighted by atomic mass is 10.2. The molecule has 1 aromatic carbocycles. The topological polar surface area (TPSA) is 26.3 Å². The molecule has 2 nitrogen and oxygen atoms in total. The minimum absolute atomic E-state index is 0.498. The molecule has 0 amide bonds. The van der Waals surface area contributed by atoms with Crippen LogP contribution in [0.15, 0.2) is 22.7 Å². The predicted octanol–water partition coefficient (Wildman–Crippen LogP) is 3.05. The molecule has 0 N–H and O–H groups in total. The quantitative estimate of drug-likeness (QED) is 0.476. The predicted molar refractivity (Wildman–Crippen MR) is 63.1 cm³/mol. The Bertz CT molecular complexity index is 402. The lowest BCUT2D eigenvalue weighted by Gasteiger charge is -2.06. The van der Waals surface area contributed by atoms with Crippen LogP contribution in [0.4, 0.5) is 0 Å². The van der Waals surface area contributed by atoms with E-state index in [1.54, 1.807) is 19.1 Å². The van der Waals surface area contributed by atoms with E-state index in [0.29, 0.717) is 24.3 Å². The molecular formula is C12H11BrO2. The van der Waals surface area contributed by atoms with E-state index >= 15 is 0 Å². The minimum Gasteiger partial charge on any atom is -0.492 e. The molecular weight excluding hydrogens is 256 g/mol. The average molecular weight is 267 g/mol. The highest BCUT2D eigenvalue weighted by Crippen LogP contribution is 2.22. The Balaban J connectivity index is 2.68. The van der Waals surface area contributed by atoms with Gasteiger partial charge in [0, 0.05) is 10.9 Å². The zero-order valence-corrected chi connectivity index (χ0v) is 10.0. The van der Waals surface area contributed by atoms with E-state index in [9.17, 15) is 4.79 Å². The maximum absolute atomic E-state index is 10.7. The first-order valence-corrected chi connectivity index (χ1v) is 5.34. The van der Waals surface area contributed by atoms with Crippen LogP contribution in [0.2, 0.25) is 0 Å². The molecule has 0 saturated heterocycles. The molecule has 0 aromatic heterocycles. The molecule has 0 fully saturated rings. The summed E-state index contributed by atoms with van der Waals surface area (Å²) in [7, 11) is 0. The number of hydrogen-bond acceptors (Lipinski definition) is 2. The van der Waals surface area contributed by atoms with Crippen molar-refractivity contribution >= 4 is 22.2 Å². The first kappa shape index (κ1) is 11.8.